The van der Waals surface area contributed by atoms with E-state index in [1.807, 2.05) is 62.4 Å². The second kappa shape index (κ2) is 10.8. The van der Waals surface area contributed by atoms with Crippen LogP contribution in [-0.4, -0.2) is 23.9 Å². The molecule has 3 rings (SSSR count). The minimum absolute atomic E-state index is 0.351. The van der Waals surface area contributed by atoms with E-state index in [1.54, 1.807) is 6.07 Å². The summed E-state index contributed by atoms with van der Waals surface area (Å²) in [5.74, 6) is -0.0148. The lowest BCUT2D eigenvalue weighted by atomic mass is 10.1. The van der Waals surface area contributed by atoms with Gasteiger partial charge in [0.2, 0.25) is 6.61 Å². The zero-order valence-electron chi connectivity index (χ0n) is 17.6. The van der Waals surface area contributed by atoms with Crippen LogP contribution in [0.25, 0.3) is 0 Å². The molecule has 0 saturated heterocycles. The number of carboxylic acids is 1. The number of carboxylic acid groups (broad SMARTS) is 1. The van der Waals surface area contributed by atoms with Crippen LogP contribution in [0.2, 0.25) is 0 Å². The van der Waals surface area contributed by atoms with Gasteiger partial charge in [0.1, 0.15) is 13.2 Å². The fraction of sp³-hybridized carbons (Fsp3) is 0.200. The molecular formula is C25H25NO5. The van der Waals surface area contributed by atoms with Gasteiger partial charge in [0.05, 0.1) is 6.21 Å². The van der Waals surface area contributed by atoms with Gasteiger partial charge in [0.25, 0.3) is 0 Å². The number of ether oxygens (including phenoxy) is 2. The van der Waals surface area contributed by atoms with Crippen LogP contribution in [0.4, 0.5) is 0 Å². The van der Waals surface area contributed by atoms with Gasteiger partial charge in [-0.05, 0) is 37.1 Å². The van der Waals surface area contributed by atoms with E-state index in [9.17, 15) is 4.79 Å². The zero-order valence-corrected chi connectivity index (χ0v) is 17.6. The number of hydrogen-bond donors (Lipinski definition) is 1. The molecule has 0 aromatic heterocycles. The molecule has 3 aromatic carbocycles. The van der Waals surface area contributed by atoms with Crippen molar-refractivity contribution in [2.75, 3.05) is 6.61 Å². The maximum atomic E-state index is 10.6. The van der Waals surface area contributed by atoms with Crippen molar-refractivity contribution >= 4 is 12.2 Å². The highest BCUT2D eigenvalue weighted by Crippen LogP contribution is 2.32. The van der Waals surface area contributed by atoms with E-state index in [2.05, 4.69) is 17.3 Å². The lowest BCUT2D eigenvalue weighted by Gasteiger charge is -2.15. The number of aliphatic carboxylic acids is 1. The van der Waals surface area contributed by atoms with E-state index < -0.39 is 12.6 Å². The SMILES string of the molecule is Cc1cccc(COc2cccc(/C=N/OCC(=O)O)c2OCc2cccc(C)c2)c1. The lowest BCUT2D eigenvalue weighted by Crippen LogP contribution is -2.05. The van der Waals surface area contributed by atoms with Gasteiger partial charge in [-0.25, -0.2) is 4.79 Å². The Hall–Kier alpha value is -3.80. The summed E-state index contributed by atoms with van der Waals surface area (Å²) in [7, 11) is 0. The van der Waals surface area contributed by atoms with Crippen LogP contribution < -0.4 is 9.47 Å². The largest absolute Gasteiger partial charge is 0.485 e. The van der Waals surface area contributed by atoms with Gasteiger partial charge in [-0.3, -0.25) is 0 Å². The fourth-order valence-corrected chi connectivity index (χ4v) is 3.01. The maximum absolute atomic E-state index is 10.6. The van der Waals surface area contributed by atoms with Crippen LogP contribution in [0.5, 0.6) is 11.5 Å². The van der Waals surface area contributed by atoms with Crippen LogP contribution in [0, 0.1) is 13.8 Å². The highest BCUT2D eigenvalue weighted by atomic mass is 16.6. The molecule has 0 amide bonds. The second-order valence-corrected chi connectivity index (χ2v) is 7.13. The molecule has 160 valence electrons. The number of nitrogens with zero attached hydrogens (tertiary/aromatic N) is 1. The molecule has 0 unspecified atom stereocenters. The van der Waals surface area contributed by atoms with E-state index in [0.29, 0.717) is 30.3 Å². The minimum Gasteiger partial charge on any atom is -0.485 e. The van der Waals surface area contributed by atoms with Crippen LogP contribution in [0.15, 0.2) is 71.9 Å². The summed E-state index contributed by atoms with van der Waals surface area (Å²) in [6.07, 6.45) is 1.42. The average Bonchev–Trinajstić information content (AvgIpc) is 2.74. The average molecular weight is 419 g/mol. The van der Waals surface area contributed by atoms with Crippen LogP contribution in [0.1, 0.15) is 27.8 Å². The van der Waals surface area contributed by atoms with E-state index >= 15 is 0 Å². The Morgan fingerprint density at radius 3 is 2.13 bits per heavy atom. The van der Waals surface area contributed by atoms with Crippen LogP contribution >= 0.6 is 0 Å². The quantitative estimate of drug-likeness (QED) is 0.374. The molecule has 6 heteroatoms. The predicted octanol–water partition coefficient (Wildman–Crippen LogP) is 4.90. The van der Waals surface area contributed by atoms with Crippen LogP contribution in [0.3, 0.4) is 0 Å². The Balaban J connectivity index is 1.81. The summed E-state index contributed by atoms with van der Waals surface area (Å²) in [4.78, 5) is 15.4. The number of hydrogen-bond acceptors (Lipinski definition) is 5. The van der Waals surface area contributed by atoms with Gasteiger partial charge in [-0.15, -0.1) is 0 Å². The molecule has 0 aliphatic rings. The molecule has 0 spiro atoms. The van der Waals surface area contributed by atoms with Crippen molar-refractivity contribution in [3.05, 3.63) is 94.5 Å². The highest BCUT2D eigenvalue weighted by molar-refractivity contribution is 5.84. The second-order valence-electron chi connectivity index (χ2n) is 7.13. The molecular weight excluding hydrogens is 394 g/mol. The predicted molar refractivity (Wildman–Crippen MR) is 119 cm³/mol. The van der Waals surface area contributed by atoms with Crippen molar-refractivity contribution in [3.8, 4) is 11.5 Å². The third-order valence-electron chi connectivity index (χ3n) is 4.41. The lowest BCUT2D eigenvalue weighted by molar-refractivity contribution is -0.142. The van der Waals surface area contributed by atoms with Crippen molar-refractivity contribution in [2.24, 2.45) is 5.16 Å². The molecule has 0 aliphatic heterocycles. The summed E-state index contributed by atoms with van der Waals surface area (Å²) in [6.45, 7) is 4.29. The zero-order chi connectivity index (χ0) is 22.1. The number of oxime groups is 1. The van der Waals surface area contributed by atoms with Crippen molar-refractivity contribution in [2.45, 2.75) is 27.1 Å². The highest BCUT2D eigenvalue weighted by Gasteiger charge is 2.12. The normalized spacial score (nSPS) is 10.8. The van der Waals surface area contributed by atoms with Gasteiger partial charge < -0.3 is 19.4 Å². The van der Waals surface area contributed by atoms with Crippen molar-refractivity contribution in [1.29, 1.82) is 0 Å². The number of carbonyl (C=O) groups is 1. The maximum Gasteiger partial charge on any atom is 0.344 e. The van der Waals surface area contributed by atoms with Gasteiger partial charge >= 0.3 is 5.97 Å². The Labute approximate surface area is 181 Å². The van der Waals surface area contributed by atoms with E-state index in [4.69, 9.17) is 19.4 Å². The number of benzene rings is 3. The first-order valence-corrected chi connectivity index (χ1v) is 9.88. The van der Waals surface area contributed by atoms with E-state index in [0.717, 1.165) is 22.3 Å². The monoisotopic (exact) mass is 419 g/mol. The molecule has 1 N–H and O–H groups in total. The first-order chi connectivity index (χ1) is 15.0. The Kier molecular flexibility index (Phi) is 7.65. The van der Waals surface area contributed by atoms with Crippen molar-refractivity contribution < 1.29 is 24.2 Å². The first kappa shape index (κ1) is 21.9. The number of para-hydroxylation sites is 1. The molecule has 0 saturated carbocycles. The smallest absolute Gasteiger partial charge is 0.344 e. The summed E-state index contributed by atoms with van der Waals surface area (Å²) < 4.78 is 12.2. The summed E-state index contributed by atoms with van der Waals surface area (Å²) in [5, 5.41) is 12.4. The van der Waals surface area contributed by atoms with Gasteiger partial charge in [-0.1, -0.05) is 70.9 Å². The molecule has 0 bridgehead atoms. The van der Waals surface area contributed by atoms with Crippen LogP contribution in [-0.2, 0) is 22.8 Å². The number of rotatable bonds is 10. The molecule has 0 aliphatic carbocycles. The van der Waals surface area contributed by atoms with Gasteiger partial charge in [-0.2, -0.15) is 0 Å². The third kappa shape index (κ3) is 6.89. The Morgan fingerprint density at radius 2 is 1.52 bits per heavy atom. The minimum atomic E-state index is -1.09. The van der Waals surface area contributed by atoms with E-state index in [-0.39, 0.29) is 0 Å². The first-order valence-electron chi connectivity index (χ1n) is 9.88. The topological polar surface area (TPSA) is 77.4 Å². The standard InChI is InChI=1S/C25H25NO5/c1-18-6-3-8-20(12-18)15-29-23-11-5-10-22(14-26-31-17-24(27)28)25(23)30-16-21-9-4-7-19(2)13-21/h3-14H,15-17H2,1-2H3,(H,27,28)/b26-14+. The van der Waals surface area contributed by atoms with Gasteiger partial charge in [0, 0.05) is 5.56 Å². The summed E-state index contributed by atoms with van der Waals surface area (Å²) in [6, 6.07) is 21.6. The molecule has 3 aromatic rings. The molecule has 0 radical (unpaired) electrons. The Morgan fingerprint density at radius 1 is 0.903 bits per heavy atom. The molecule has 0 fully saturated rings. The fourth-order valence-electron chi connectivity index (χ4n) is 3.01. The van der Waals surface area contributed by atoms with E-state index in [1.165, 1.54) is 6.21 Å². The molecule has 31 heavy (non-hydrogen) atoms. The van der Waals surface area contributed by atoms with Crippen molar-refractivity contribution in [1.82, 2.24) is 0 Å². The summed E-state index contributed by atoms with van der Waals surface area (Å²) >= 11 is 0. The third-order valence-corrected chi connectivity index (χ3v) is 4.41. The number of aryl methyl sites for hydroxylation is 2. The molecule has 0 heterocycles. The van der Waals surface area contributed by atoms with Gasteiger partial charge in [0.15, 0.2) is 11.5 Å². The molecule has 0 atom stereocenters. The van der Waals surface area contributed by atoms with Crippen molar-refractivity contribution in [3.63, 3.8) is 0 Å². The summed E-state index contributed by atoms with van der Waals surface area (Å²) in [5.41, 5.74) is 5.01. The Bertz CT molecular complexity index is 1060. The molecule has 6 nitrogen and oxygen atoms in total.